The van der Waals surface area contributed by atoms with E-state index in [1.165, 1.54) is 6.07 Å². The molecule has 0 radical (unpaired) electrons. The van der Waals surface area contributed by atoms with Crippen molar-refractivity contribution >= 4 is 21.9 Å². The predicted molar refractivity (Wildman–Crippen MR) is 154 cm³/mol. The number of aryl methyl sites for hydroxylation is 1. The second kappa shape index (κ2) is 16.6. The molecule has 9 heteroatoms. The maximum Gasteiger partial charge on any atom is 0.211 e. The Morgan fingerprint density at radius 1 is 0.974 bits per heavy atom. The van der Waals surface area contributed by atoms with Crippen LogP contribution in [-0.2, 0) is 25.8 Å². The Morgan fingerprint density at radius 2 is 1.69 bits per heavy atom. The molecule has 1 amide bonds. The molecule has 1 unspecified atom stereocenters. The van der Waals surface area contributed by atoms with E-state index in [-0.39, 0.29) is 16.7 Å². The van der Waals surface area contributed by atoms with Gasteiger partial charge in [-0.2, -0.15) is 0 Å². The molecule has 3 rings (SSSR count). The van der Waals surface area contributed by atoms with Gasteiger partial charge in [-0.15, -0.1) is 0 Å². The van der Waals surface area contributed by atoms with E-state index in [1.807, 2.05) is 18.2 Å². The van der Waals surface area contributed by atoms with Crippen LogP contribution in [-0.4, -0.2) is 56.6 Å². The van der Waals surface area contributed by atoms with Crippen LogP contribution < -0.4 is 10.6 Å². The summed E-state index contributed by atoms with van der Waals surface area (Å²) in [5.74, 6) is -0.0387. The highest BCUT2D eigenvalue weighted by Crippen LogP contribution is 2.31. The molecule has 4 N–H and O–H groups in total. The Bertz CT molecular complexity index is 1120. The first kappa shape index (κ1) is 31.1. The molecule has 0 bridgehead atoms. The monoisotopic (exact) mass is 560 g/mol. The molecule has 39 heavy (non-hydrogen) atoms. The predicted octanol–water partition coefficient (Wildman–Crippen LogP) is 4.90. The first-order chi connectivity index (χ1) is 18.9. The van der Waals surface area contributed by atoms with Crippen molar-refractivity contribution in [2.75, 3.05) is 31.6 Å². The number of phenolic OH excluding ortho intramolecular Hbond substituents is 1. The lowest BCUT2D eigenvalue weighted by Gasteiger charge is -2.15. The highest BCUT2D eigenvalue weighted by atomic mass is 32.2. The fourth-order valence-corrected chi connectivity index (χ4v) is 7.21. The molecule has 0 saturated heterocycles. The molecule has 1 saturated carbocycles. The number of carbonyl (C=O) groups is 1. The Morgan fingerprint density at radius 3 is 2.46 bits per heavy atom. The van der Waals surface area contributed by atoms with Crippen molar-refractivity contribution in [3.05, 3.63) is 53.6 Å². The van der Waals surface area contributed by atoms with Crippen LogP contribution in [0.2, 0.25) is 0 Å². The van der Waals surface area contributed by atoms with E-state index >= 15 is 0 Å². The molecule has 1 atom stereocenters. The van der Waals surface area contributed by atoms with Crippen LogP contribution in [0.25, 0.3) is 0 Å². The minimum Gasteiger partial charge on any atom is -0.506 e. The van der Waals surface area contributed by atoms with E-state index in [1.54, 1.807) is 18.2 Å². The smallest absolute Gasteiger partial charge is 0.211 e. The van der Waals surface area contributed by atoms with Gasteiger partial charge in [0.2, 0.25) is 6.41 Å². The zero-order valence-corrected chi connectivity index (χ0v) is 23.6. The van der Waals surface area contributed by atoms with Gasteiger partial charge in [0.25, 0.3) is 0 Å². The van der Waals surface area contributed by atoms with Gasteiger partial charge in [0.15, 0.2) is 9.84 Å². The molecule has 0 heterocycles. The van der Waals surface area contributed by atoms with E-state index in [4.69, 9.17) is 4.74 Å². The summed E-state index contributed by atoms with van der Waals surface area (Å²) in [6.45, 7) is 2.62. The van der Waals surface area contributed by atoms with Gasteiger partial charge in [-0.25, -0.2) is 8.42 Å². The van der Waals surface area contributed by atoms with Crippen LogP contribution in [0.15, 0.2) is 47.4 Å². The Labute approximate surface area is 233 Å². The molecule has 1 fully saturated rings. The SMILES string of the molecule is O=CNc1cc(C(O)CNCCCCCCOCCCCc2ccccc2S(=O)(=O)C2CCCC2)ccc1O. The summed E-state index contributed by atoms with van der Waals surface area (Å²) in [4.78, 5) is 11.1. The Hall–Kier alpha value is -2.46. The zero-order valence-electron chi connectivity index (χ0n) is 22.8. The zero-order chi connectivity index (χ0) is 27.9. The van der Waals surface area contributed by atoms with Crippen LogP contribution in [0.1, 0.15) is 81.4 Å². The van der Waals surface area contributed by atoms with Gasteiger partial charge in [-0.1, -0.05) is 49.9 Å². The second-order valence-corrected chi connectivity index (χ2v) is 12.5. The van der Waals surface area contributed by atoms with Gasteiger partial charge in [0.05, 0.1) is 21.9 Å². The molecular formula is C30H44N2O6S. The number of benzene rings is 2. The van der Waals surface area contributed by atoms with Gasteiger partial charge in [-0.05, 0) is 80.8 Å². The number of hydrogen-bond acceptors (Lipinski definition) is 7. The van der Waals surface area contributed by atoms with Crippen LogP contribution in [0.5, 0.6) is 5.75 Å². The molecular weight excluding hydrogens is 516 g/mol. The number of phenols is 1. The minimum absolute atomic E-state index is 0.0387. The number of hydrogen-bond donors (Lipinski definition) is 4. The van der Waals surface area contributed by atoms with E-state index in [0.29, 0.717) is 30.0 Å². The molecule has 2 aromatic rings. The molecule has 8 nitrogen and oxygen atoms in total. The van der Waals surface area contributed by atoms with E-state index < -0.39 is 15.9 Å². The van der Waals surface area contributed by atoms with Crippen molar-refractivity contribution in [2.45, 2.75) is 86.9 Å². The first-order valence-electron chi connectivity index (χ1n) is 14.2. The lowest BCUT2D eigenvalue weighted by Crippen LogP contribution is -2.22. The second-order valence-electron chi connectivity index (χ2n) is 10.3. The molecule has 0 aliphatic heterocycles. The number of carbonyl (C=O) groups excluding carboxylic acids is 1. The van der Waals surface area contributed by atoms with Crippen molar-refractivity contribution < 1.29 is 28.2 Å². The number of amides is 1. The molecule has 0 aromatic heterocycles. The highest BCUT2D eigenvalue weighted by Gasteiger charge is 2.31. The van der Waals surface area contributed by atoms with Crippen molar-refractivity contribution in [3.63, 3.8) is 0 Å². The normalized spacial score (nSPS) is 14.9. The summed E-state index contributed by atoms with van der Waals surface area (Å²) in [5, 5.41) is 25.5. The van der Waals surface area contributed by atoms with Gasteiger partial charge in [0, 0.05) is 19.8 Å². The number of unbranched alkanes of at least 4 members (excludes halogenated alkanes) is 4. The van der Waals surface area contributed by atoms with Gasteiger partial charge in [0.1, 0.15) is 5.75 Å². The van der Waals surface area contributed by atoms with Gasteiger partial charge in [-0.3, -0.25) is 4.79 Å². The summed E-state index contributed by atoms with van der Waals surface area (Å²) < 4.78 is 31.9. The maximum absolute atomic E-state index is 13.0. The Balaban J connectivity index is 1.20. The van der Waals surface area contributed by atoms with Crippen LogP contribution >= 0.6 is 0 Å². The van der Waals surface area contributed by atoms with Crippen LogP contribution in [0.4, 0.5) is 5.69 Å². The number of aliphatic hydroxyl groups excluding tert-OH is 1. The summed E-state index contributed by atoms with van der Waals surface area (Å²) in [6, 6.07) is 12.1. The maximum atomic E-state index is 13.0. The van der Waals surface area contributed by atoms with Crippen molar-refractivity contribution in [3.8, 4) is 5.75 Å². The molecule has 0 spiro atoms. The van der Waals surface area contributed by atoms with Crippen molar-refractivity contribution in [1.82, 2.24) is 5.32 Å². The summed E-state index contributed by atoms with van der Waals surface area (Å²) in [6.07, 6.45) is 10.1. The number of rotatable bonds is 19. The minimum atomic E-state index is -3.23. The lowest BCUT2D eigenvalue weighted by atomic mass is 10.1. The first-order valence-corrected chi connectivity index (χ1v) is 15.8. The molecule has 216 valence electrons. The average molecular weight is 561 g/mol. The van der Waals surface area contributed by atoms with E-state index in [9.17, 15) is 23.4 Å². The number of sulfone groups is 1. The lowest BCUT2D eigenvalue weighted by molar-refractivity contribution is -0.105. The van der Waals surface area contributed by atoms with Crippen LogP contribution in [0.3, 0.4) is 0 Å². The number of aliphatic hydroxyl groups is 1. The van der Waals surface area contributed by atoms with Crippen molar-refractivity contribution in [2.24, 2.45) is 0 Å². The average Bonchev–Trinajstić information content (AvgIpc) is 3.49. The summed E-state index contributed by atoms with van der Waals surface area (Å²) >= 11 is 0. The summed E-state index contributed by atoms with van der Waals surface area (Å²) in [7, 11) is -3.23. The van der Waals surface area contributed by atoms with Crippen LogP contribution in [0, 0.1) is 0 Å². The number of anilines is 1. The van der Waals surface area contributed by atoms with E-state index in [2.05, 4.69) is 10.6 Å². The number of ether oxygens (including phenoxy) is 1. The fourth-order valence-electron chi connectivity index (χ4n) is 5.09. The molecule has 2 aromatic carbocycles. The largest absolute Gasteiger partial charge is 0.506 e. The highest BCUT2D eigenvalue weighted by molar-refractivity contribution is 7.92. The third-order valence-corrected chi connectivity index (χ3v) is 9.72. The topological polar surface area (TPSA) is 125 Å². The number of nitrogens with one attached hydrogen (secondary N) is 2. The molecule has 1 aliphatic rings. The number of aromatic hydroxyl groups is 1. The fraction of sp³-hybridized carbons (Fsp3) is 0.567. The third kappa shape index (κ3) is 9.90. The third-order valence-electron chi connectivity index (χ3n) is 7.35. The van der Waals surface area contributed by atoms with Gasteiger partial charge >= 0.3 is 0 Å². The quantitative estimate of drug-likeness (QED) is 0.109. The van der Waals surface area contributed by atoms with Gasteiger partial charge < -0.3 is 25.6 Å². The van der Waals surface area contributed by atoms with Crippen molar-refractivity contribution in [1.29, 1.82) is 0 Å². The standard InChI is InChI=1S/C30H44N2O6S/c33-23-32-27-21-25(16-17-28(27)34)29(35)22-31-18-8-1-2-9-19-38-20-10-7-12-24-11-3-6-15-30(24)39(36,37)26-13-4-5-14-26/h3,6,11,15-17,21,23,26,29,31,34-35H,1-2,4-5,7-10,12-14,18-20,22H2,(H,32,33). The Kier molecular flexibility index (Phi) is 13.2. The van der Waals surface area contributed by atoms with E-state index in [0.717, 1.165) is 89.3 Å². The summed E-state index contributed by atoms with van der Waals surface area (Å²) in [5.41, 5.74) is 1.84. The molecule has 1 aliphatic carbocycles.